The van der Waals surface area contributed by atoms with E-state index >= 15 is 0 Å². The van der Waals surface area contributed by atoms with Crippen LogP contribution in [0, 0.1) is 10.1 Å². The van der Waals surface area contributed by atoms with E-state index in [-0.39, 0.29) is 42.4 Å². The topological polar surface area (TPSA) is 188 Å². The van der Waals surface area contributed by atoms with Crippen molar-refractivity contribution in [1.29, 1.82) is 0 Å². The summed E-state index contributed by atoms with van der Waals surface area (Å²) < 4.78 is 68.7. The van der Waals surface area contributed by atoms with E-state index in [2.05, 4.69) is 0 Å². The third kappa shape index (κ3) is 14.1. The standard InChI is InChI=1S/C31H55N3O12P2/c1-28(2,3)43-47(38,44-29(4,5)6)40-20-22(21-41-48(39,45-30(7,8)9)46-31(10,11)12)42-25-16-15-24(34(36)37)27-23(25)17-19-33(27)26(35)14-13-18-32/h15-16,22H,13-14,17-21,32H2,1-12H3. The Morgan fingerprint density at radius 1 is 0.854 bits per heavy atom. The molecule has 1 heterocycles. The normalized spacial score (nSPS) is 14.8. The maximum Gasteiger partial charge on any atom is 0.475 e. The first-order chi connectivity index (χ1) is 21.6. The molecule has 1 aromatic rings. The Bertz CT molecular complexity index is 1280. The number of carbonyl (C=O) groups is 1. The van der Waals surface area contributed by atoms with Gasteiger partial charge in [0.25, 0.3) is 5.69 Å². The second kappa shape index (κ2) is 16.0. The molecular weight excluding hydrogens is 668 g/mol. The number of hydrogen-bond acceptors (Lipinski definition) is 13. The van der Waals surface area contributed by atoms with Gasteiger partial charge in [-0.05, 0) is 109 Å². The minimum Gasteiger partial charge on any atom is -0.485 e. The molecule has 2 rings (SSSR count). The Balaban J connectivity index is 2.57. The lowest BCUT2D eigenvalue weighted by molar-refractivity contribution is -0.384. The van der Waals surface area contributed by atoms with E-state index in [1.54, 1.807) is 83.1 Å². The largest absolute Gasteiger partial charge is 0.485 e. The highest BCUT2D eigenvalue weighted by molar-refractivity contribution is 7.48. The van der Waals surface area contributed by atoms with E-state index in [1.807, 2.05) is 0 Å². The van der Waals surface area contributed by atoms with Crippen LogP contribution in [0.25, 0.3) is 0 Å². The number of amides is 1. The monoisotopic (exact) mass is 723 g/mol. The molecule has 0 bridgehead atoms. The smallest absolute Gasteiger partial charge is 0.475 e. The van der Waals surface area contributed by atoms with Gasteiger partial charge < -0.3 is 15.4 Å². The van der Waals surface area contributed by atoms with Gasteiger partial charge >= 0.3 is 15.6 Å². The lowest BCUT2D eigenvalue weighted by Gasteiger charge is -2.33. The zero-order chi connectivity index (χ0) is 36.9. The third-order valence-corrected chi connectivity index (χ3v) is 9.86. The van der Waals surface area contributed by atoms with E-state index in [1.165, 1.54) is 17.0 Å². The molecule has 0 atom stereocenters. The van der Waals surface area contributed by atoms with Crippen LogP contribution >= 0.6 is 15.6 Å². The molecular formula is C31H55N3O12P2. The van der Waals surface area contributed by atoms with E-state index in [0.717, 1.165) is 0 Å². The lowest BCUT2D eigenvalue weighted by Crippen LogP contribution is -2.32. The summed E-state index contributed by atoms with van der Waals surface area (Å²) in [4.78, 5) is 25.8. The van der Waals surface area contributed by atoms with Gasteiger partial charge in [-0.3, -0.25) is 42.1 Å². The molecule has 17 heteroatoms. The van der Waals surface area contributed by atoms with Gasteiger partial charge in [0.05, 0.1) is 40.5 Å². The third-order valence-electron chi connectivity index (χ3n) is 5.84. The Hall–Kier alpha value is -1.93. The van der Waals surface area contributed by atoms with Crippen LogP contribution in [-0.4, -0.2) is 65.6 Å². The van der Waals surface area contributed by atoms with Gasteiger partial charge in [0.1, 0.15) is 17.5 Å². The number of phosphoric ester groups is 2. The van der Waals surface area contributed by atoms with E-state index in [9.17, 15) is 24.0 Å². The van der Waals surface area contributed by atoms with Crippen molar-refractivity contribution in [3.63, 3.8) is 0 Å². The summed E-state index contributed by atoms with van der Waals surface area (Å²) in [6, 6.07) is 2.65. The van der Waals surface area contributed by atoms with Crippen LogP contribution in [0.3, 0.4) is 0 Å². The number of hydrogen-bond donors (Lipinski definition) is 1. The zero-order valence-electron chi connectivity index (χ0n) is 30.4. The molecule has 48 heavy (non-hydrogen) atoms. The number of ether oxygens (including phenoxy) is 1. The van der Waals surface area contributed by atoms with Gasteiger partial charge in [0, 0.05) is 24.6 Å². The fourth-order valence-electron chi connectivity index (χ4n) is 4.51. The second-order valence-electron chi connectivity index (χ2n) is 15.4. The molecule has 1 aromatic carbocycles. The molecule has 1 amide bonds. The number of nitro benzene ring substituents is 1. The number of rotatable bonds is 16. The molecule has 0 saturated heterocycles. The Labute approximate surface area is 284 Å². The molecule has 1 aliphatic heterocycles. The van der Waals surface area contributed by atoms with E-state index in [4.69, 9.17) is 37.6 Å². The molecule has 0 saturated carbocycles. The predicted octanol–water partition coefficient (Wildman–Crippen LogP) is 7.48. The fraction of sp³-hybridized carbons (Fsp3) is 0.774. The van der Waals surface area contributed by atoms with Crippen molar-refractivity contribution in [2.75, 3.05) is 31.2 Å². The average Bonchev–Trinajstić information content (AvgIpc) is 3.30. The first-order valence-corrected chi connectivity index (χ1v) is 18.9. The number of carbonyl (C=O) groups excluding carboxylic acids is 1. The maximum absolute atomic E-state index is 13.9. The van der Waals surface area contributed by atoms with Gasteiger partial charge in [0.2, 0.25) is 5.91 Å². The van der Waals surface area contributed by atoms with Gasteiger partial charge in [-0.1, -0.05) is 0 Å². The van der Waals surface area contributed by atoms with Crippen molar-refractivity contribution < 1.29 is 50.7 Å². The number of fused-ring (bicyclic) bond motifs is 1. The van der Waals surface area contributed by atoms with Crippen molar-refractivity contribution in [2.45, 2.75) is 131 Å². The van der Waals surface area contributed by atoms with Crippen molar-refractivity contribution in [3.05, 3.63) is 27.8 Å². The predicted molar refractivity (Wildman–Crippen MR) is 182 cm³/mol. The van der Waals surface area contributed by atoms with Crippen LogP contribution in [0.2, 0.25) is 0 Å². The number of phosphoric acid groups is 2. The van der Waals surface area contributed by atoms with Crippen molar-refractivity contribution in [2.24, 2.45) is 5.73 Å². The molecule has 0 fully saturated rings. The highest BCUT2D eigenvalue weighted by atomic mass is 31.2. The number of nitrogens with two attached hydrogens (primary N) is 1. The molecule has 0 aromatic heterocycles. The molecule has 1 aliphatic rings. The fourth-order valence-corrected chi connectivity index (χ4v) is 8.17. The Morgan fingerprint density at radius 3 is 1.67 bits per heavy atom. The van der Waals surface area contributed by atoms with E-state index in [0.29, 0.717) is 18.5 Å². The minimum atomic E-state index is -4.24. The van der Waals surface area contributed by atoms with Crippen LogP contribution in [0.1, 0.15) is 101 Å². The quantitative estimate of drug-likeness (QED) is 0.100. The second-order valence-corrected chi connectivity index (χ2v) is 18.4. The number of anilines is 1. The average molecular weight is 724 g/mol. The molecule has 2 N–H and O–H groups in total. The summed E-state index contributed by atoms with van der Waals surface area (Å²) >= 11 is 0. The molecule has 0 spiro atoms. The molecule has 276 valence electrons. The summed E-state index contributed by atoms with van der Waals surface area (Å²) in [5.41, 5.74) is 2.15. The highest BCUT2D eigenvalue weighted by Gasteiger charge is 2.41. The molecule has 0 unspecified atom stereocenters. The Kier molecular flexibility index (Phi) is 14.0. The first kappa shape index (κ1) is 42.2. The van der Waals surface area contributed by atoms with Gasteiger partial charge in [-0.25, -0.2) is 9.13 Å². The number of benzene rings is 1. The molecule has 15 nitrogen and oxygen atoms in total. The van der Waals surface area contributed by atoms with Crippen molar-refractivity contribution >= 4 is 32.9 Å². The zero-order valence-corrected chi connectivity index (χ0v) is 32.2. The molecule has 0 radical (unpaired) electrons. The Morgan fingerprint density at radius 2 is 1.29 bits per heavy atom. The summed E-state index contributed by atoms with van der Waals surface area (Å²) in [7, 11) is -8.49. The minimum absolute atomic E-state index is 0.121. The maximum atomic E-state index is 13.9. The van der Waals surface area contributed by atoms with Gasteiger partial charge in [-0.15, -0.1) is 0 Å². The van der Waals surface area contributed by atoms with Crippen LogP contribution in [0.4, 0.5) is 11.4 Å². The SMILES string of the molecule is CC(C)(C)OP(=O)(OCC(COP(=O)(OC(C)(C)C)OC(C)(C)C)Oc1ccc([N+](=O)[O-])c2c1CCN2C(=O)CCCN)OC(C)(C)C. The first-order valence-electron chi connectivity index (χ1n) is 15.9. The summed E-state index contributed by atoms with van der Waals surface area (Å²) in [6.07, 6.45) is -0.354. The summed E-state index contributed by atoms with van der Waals surface area (Å²) in [5, 5.41) is 12.0. The number of nitrogens with zero attached hydrogens (tertiary/aromatic N) is 2. The van der Waals surface area contributed by atoms with Gasteiger partial charge in [0.15, 0.2) is 0 Å². The lowest BCUT2D eigenvalue weighted by atomic mass is 10.1. The summed E-state index contributed by atoms with van der Waals surface area (Å²) in [5.74, 6) is -0.115. The highest BCUT2D eigenvalue weighted by Crippen LogP contribution is 2.57. The van der Waals surface area contributed by atoms with Crippen LogP contribution in [-0.2, 0) is 47.5 Å². The molecule has 0 aliphatic carbocycles. The van der Waals surface area contributed by atoms with Crippen molar-refractivity contribution in [1.82, 2.24) is 0 Å². The number of nitro groups is 1. The van der Waals surface area contributed by atoms with Crippen LogP contribution in [0.5, 0.6) is 5.75 Å². The van der Waals surface area contributed by atoms with Crippen molar-refractivity contribution in [3.8, 4) is 5.75 Å². The van der Waals surface area contributed by atoms with Crippen LogP contribution in [0.15, 0.2) is 12.1 Å². The van der Waals surface area contributed by atoms with Gasteiger partial charge in [-0.2, -0.15) is 0 Å². The summed E-state index contributed by atoms with van der Waals surface area (Å²) in [6.45, 7) is 19.9. The van der Waals surface area contributed by atoms with Crippen LogP contribution < -0.4 is 15.4 Å². The van der Waals surface area contributed by atoms with E-state index < -0.39 is 62.3 Å².